The Balaban J connectivity index is 1.61. The van der Waals surface area contributed by atoms with E-state index in [0.29, 0.717) is 32.8 Å². The predicted molar refractivity (Wildman–Crippen MR) is 171 cm³/mol. The van der Waals surface area contributed by atoms with Crippen molar-refractivity contribution in [3.8, 4) is 5.75 Å². The number of amides is 1. The summed E-state index contributed by atoms with van der Waals surface area (Å²) in [6, 6.07) is 8.89. The third-order valence-electron chi connectivity index (χ3n) is 9.38. The van der Waals surface area contributed by atoms with Gasteiger partial charge in [0.05, 0.1) is 13.2 Å². The highest BCUT2D eigenvalue weighted by molar-refractivity contribution is 6.74. The van der Waals surface area contributed by atoms with Gasteiger partial charge in [-0.25, -0.2) is 4.89 Å². The van der Waals surface area contributed by atoms with Gasteiger partial charge >= 0.3 is 0 Å². The number of rotatable bonds is 15. The maximum Gasteiger partial charge on any atom is 0.261 e. The molecule has 0 radical (unpaired) electrons. The first kappa shape index (κ1) is 35.2. The maximum atomic E-state index is 12.2. The van der Waals surface area contributed by atoms with E-state index in [4.69, 9.17) is 23.7 Å². The molecule has 2 aliphatic rings. The summed E-state index contributed by atoms with van der Waals surface area (Å²) in [4.78, 5) is 34.2. The molecular weight excluding hydrogens is 567 g/mol. The summed E-state index contributed by atoms with van der Waals surface area (Å²) in [5, 5.41) is 3.04. The molecule has 8 nitrogen and oxygen atoms in total. The molecule has 1 amide bonds. The summed E-state index contributed by atoms with van der Waals surface area (Å²) in [5.41, 5.74) is -0.697. The smallest absolute Gasteiger partial charge is 0.261 e. The molecule has 0 spiro atoms. The molecule has 1 aromatic carbocycles. The van der Waals surface area contributed by atoms with Crippen LogP contribution in [0.3, 0.4) is 0 Å². The van der Waals surface area contributed by atoms with Gasteiger partial charge in [-0.05, 0) is 68.7 Å². The van der Waals surface area contributed by atoms with Gasteiger partial charge < -0.3 is 24.0 Å². The predicted octanol–water partition coefficient (Wildman–Crippen LogP) is 6.90. The van der Waals surface area contributed by atoms with E-state index in [0.717, 1.165) is 36.6 Å². The molecule has 10 heteroatoms. The number of benzene rings is 1. The van der Waals surface area contributed by atoms with Crippen molar-refractivity contribution >= 4 is 22.5 Å². The minimum atomic E-state index is -2.05. The Kier molecular flexibility index (Phi) is 10.6. The number of carbonyl (C=O) groups is 1. The van der Waals surface area contributed by atoms with Crippen LogP contribution in [0.1, 0.15) is 79.7 Å². The quantitative estimate of drug-likeness (QED) is 0.125. The number of carbonyl (C=O) groups excluding carboxylic acids is 1. The van der Waals surface area contributed by atoms with Gasteiger partial charge in [-0.2, -0.15) is 4.89 Å². The number of fused-ring (bicyclic) bond motifs is 1. The first-order chi connectivity index (χ1) is 19.2. The summed E-state index contributed by atoms with van der Waals surface area (Å²) in [5.74, 6) is -0.188. The molecule has 0 aliphatic carbocycles. The molecule has 2 atom stereocenters. The van der Waals surface area contributed by atoms with Crippen LogP contribution in [0.15, 0.2) is 24.3 Å². The van der Waals surface area contributed by atoms with Crippen LogP contribution in [-0.2, 0) is 29.8 Å². The Hall–Kier alpha value is -1.28. The van der Waals surface area contributed by atoms with Gasteiger partial charge in [0.2, 0.25) is 14.2 Å². The van der Waals surface area contributed by atoms with Crippen molar-refractivity contribution in [1.29, 1.82) is 0 Å². The zero-order chi connectivity index (χ0) is 31.7. The molecule has 0 bridgehead atoms. The lowest BCUT2D eigenvalue weighted by atomic mass is 9.57. The highest BCUT2D eigenvalue weighted by Gasteiger charge is 2.82. The van der Waals surface area contributed by atoms with Crippen LogP contribution in [-0.4, -0.2) is 59.3 Å². The molecule has 42 heavy (non-hydrogen) atoms. The van der Waals surface area contributed by atoms with E-state index in [2.05, 4.69) is 66.9 Å². The summed E-state index contributed by atoms with van der Waals surface area (Å²) < 4.78 is 19.3. The van der Waals surface area contributed by atoms with Crippen LogP contribution in [0.5, 0.6) is 5.75 Å². The normalized spacial score (nSPS) is 24.2. The minimum absolute atomic E-state index is 0.0565. The summed E-state index contributed by atoms with van der Waals surface area (Å²) >= 11 is 0. The molecule has 2 fully saturated rings. The Morgan fingerprint density at radius 1 is 1.05 bits per heavy atom. The first-order valence-electron chi connectivity index (χ1n) is 15.6. The lowest BCUT2D eigenvalue weighted by molar-refractivity contribution is -0.628. The molecule has 2 saturated heterocycles. The van der Waals surface area contributed by atoms with Crippen LogP contribution in [0.2, 0.25) is 37.3 Å². The van der Waals surface area contributed by atoms with E-state index in [1.807, 2.05) is 37.4 Å². The second kappa shape index (κ2) is 12.6. The summed E-state index contributed by atoms with van der Waals surface area (Å²) in [6.45, 7) is 25.8. The van der Waals surface area contributed by atoms with Crippen molar-refractivity contribution in [2.75, 3.05) is 26.4 Å². The molecule has 2 N–H and O–H groups in total. The average Bonchev–Trinajstić information content (AvgIpc) is 2.98. The lowest BCUT2D eigenvalue weighted by Crippen LogP contribution is -2.74. The van der Waals surface area contributed by atoms with Crippen molar-refractivity contribution in [2.45, 2.75) is 123 Å². The monoisotopic (exact) mass is 623 g/mol. The van der Waals surface area contributed by atoms with Gasteiger partial charge in [-0.15, -0.1) is 0 Å². The highest BCUT2D eigenvalue weighted by Crippen LogP contribution is 2.69. The lowest BCUT2D eigenvalue weighted by Gasteiger charge is -2.61. The van der Waals surface area contributed by atoms with Crippen molar-refractivity contribution in [3.05, 3.63) is 29.8 Å². The number of ether oxygens (including phenoxy) is 2. The first-order valence-corrected chi connectivity index (χ1v) is 21.6. The molecule has 3 rings (SSSR count). The van der Waals surface area contributed by atoms with E-state index in [1.54, 1.807) is 0 Å². The third-order valence-corrected chi connectivity index (χ3v) is 15.3. The topological polar surface area (TPSA) is 95.5 Å². The Labute approximate surface area is 256 Å². The van der Waals surface area contributed by atoms with Crippen LogP contribution in [0.4, 0.5) is 0 Å². The van der Waals surface area contributed by atoms with Gasteiger partial charge in [0.25, 0.3) is 5.79 Å². The van der Waals surface area contributed by atoms with Crippen LogP contribution >= 0.6 is 0 Å². The summed E-state index contributed by atoms with van der Waals surface area (Å²) in [6.07, 6.45) is 2.85. The van der Waals surface area contributed by atoms with Gasteiger partial charge in [0.1, 0.15) is 5.75 Å². The van der Waals surface area contributed by atoms with Crippen molar-refractivity contribution in [1.82, 2.24) is 5.32 Å². The molecule has 2 heterocycles. The Morgan fingerprint density at radius 2 is 1.74 bits per heavy atom. The van der Waals surface area contributed by atoms with E-state index in [-0.39, 0.29) is 16.4 Å². The number of nitrogens with one attached hydrogen (secondary N) is 1. The van der Waals surface area contributed by atoms with Crippen LogP contribution in [0.25, 0.3) is 0 Å². The SMILES string of the molecule is CC(C)(COCCCCC(=O)NCCC[Si](C)(C)O)C12OOC1(c1cccc(O[Si](C)(C)C(C)(C)C)c1)OCC2(C)C. The van der Waals surface area contributed by atoms with Crippen LogP contribution < -0.4 is 9.74 Å². The zero-order valence-electron chi connectivity index (χ0n) is 28.1. The molecule has 0 aromatic heterocycles. The fraction of sp³-hybridized carbons (Fsp3) is 0.781. The fourth-order valence-corrected chi connectivity index (χ4v) is 8.11. The highest BCUT2D eigenvalue weighted by atomic mass is 28.4. The third kappa shape index (κ3) is 7.16. The van der Waals surface area contributed by atoms with E-state index in [1.165, 1.54) is 0 Å². The van der Waals surface area contributed by atoms with Gasteiger partial charge in [-0.3, -0.25) is 4.79 Å². The van der Waals surface area contributed by atoms with Gasteiger partial charge in [0.15, 0.2) is 13.9 Å². The Morgan fingerprint density at radius 3 is 2.33 bits per heavy atom. The second-order valence-corrected chi connectivity index (χ2v) is 24.5. The van der Waals surface area contributed by atoms with Crippen molar-refractivity contribution < 1.29 is 33.3 Å². The number of hydrogen-bond donors (Lipinski definition) is 2. The van der Waals surface area contributed by atoms with Gasteiger partial charge in [-0.1, -0.05) is 60.6 Å². The summed E-state index contributed by atoms with van der Waals surface area (Å²) in [7, 11) is -4.08. The van der Waals surface area contributed by atoms with E-state index >= 15 is 0 Å². The molecule has 2 aliphatic heterocycles. The largest absolute Gasteiger partial charge is 0.543 e. The van der Waals surface area contributed by atoms with E-state index in [9.17, 15) is 9.59 Å². The second-order valence-electron chi connectivity index (χ2n) is 15.7. The van der Waals surface area contributed by atoms with E-state index < -0.39 is 33.4 Å². The Bertz CT molecular complexity index is 1080. The molecule has 2 unspecified atom stereocenters. The number of unbranched alkanes of at least 4 members (excludes halogenated alkanes) is 1. The molecule has 0 saturated carbocycles. The van der Waals surface area contributed by atoms with Crippen LogP contribution in [0, 0.1) is 10.8 Å². The minimum Gasteiger partial charge on any atom is -0.543 e. The molecule has 240 valence electrons. The van der Waals surface area contributed by atoms with Gasteiger partial charge in [0, 0.05) is 36.0 Å². The van der Waals surface area contributed by atoms with Crippen molar-refractivity contribution in [2.24, 2.45) is 10.8 Å². The fourth-order valence-electron chi connectivity index (χ4n) is 6.05. The number of hydrogen-bond acceptors (Lipinski definition) is 7. The standard InChI is InChI=1S/C32H57NO7Si2/c1-28(2,3)42(10,11)38-26-17-14-16-25(22-26)31-32(40-39-31,30(6,7)24-37-31)29(4,5)23-36-20-13-12-18-27(34)33-19-15-21-41(8,9)35/h14,16-17,22,35H,12-13,15,18-21,23-24H2,1-11H3,(H,33,34). The maximum absolute atomic E-state index is 12.2. The molecule has 1 aromatic rings. The average molecular weight is 624 g/mol. The molecular formula is C32H57NO7Si2. The van der Waals surface area contributed by atoms with Crippen molar-refractivity contribution in [3.63, 3.8) is 0 Å². The zero-order valence-corrected chi connectivity index (χ0v) is 30.1.